The highest BCUT2D eigenvalue weighted by Gasteiger charge is 2.21. The molecule has 124 valence electrons. The van der Waals surface area contributed by atoms with Crippen molar-refractivity contribution in [3.63, 3.8) is 0 Å². The molecule has 3 aromatic rings. The molecule has 0 amide bonds. The van der Waals surface area contributed by atoms with Gasteiger partial charge in [0, 0.05) is 31.5 Å². The predicted octanol–water partition coefficient (Wildman–Crippen LogP) is 1.66. The molecule has 0 saturated carbocycles. The van der Waals surface area contributed by atoms with E-state index < -0.39 is 6.43 Å². The van der Waals surface area contributed by atoms with Crippen molar-refractivity contribution >= 4 is 11.5 Å². The number of anilines is 1. The van der Waals surface area contributed by atoms with Crippen molar-refractivity contribution in [1.82, 2.24) is 24.3 Å². The van der Waals surface area contributed by atoms with E-state index in [-0.39, 0.29) is 11.7 Å². The lowest BCUT2D eigenvalue weighted by molar-refractivity contribution is 0.145. The highest BCUT2D eigenvalue weighted by molar-refractivity contribution is 5.58. The second-order valence-electron chi connectivity index (χ2n) is 5.72. The van der Waals surface area contributed by atoms with Crippen molar-refractivity contribution in [3.05, 3.63) is 36.5 Å². The van der Waals surface area contributed by atoms with Crippen molar-refractivity contribution < 1.29 is 8.78 Å². The van der Waals surface area contributed by atoms with Gasteiger partial charge in [-0.05, 0) is 12.5 Å². The summed E-state index contributed by atoms with van der Waals surface area (Å²) in [6.07, 6.45) is 4.05. The van der Waals surface area contributed by atoms with Crippen molar-refractivity contribution in [2.45, 2.75) is 18.9 Å². The molecule has 4 heterocycles. The van der Waals surface area contributed by atoms with Crippen LogP contribution in [0.25, 0.3) is 17.2 Å². The van der Waals surface area contributed by atoms with Gasteiger partial charge in [0.05, 0.1) is 12.4 Å². The minimum absolute atomic E-state index is 0.138. The number of aromatic nitrogens is 5. The lowest BCUT2D eigenvalue weighted by Crippen LogP contribution is -2.27. The van der Waals surface area contributed by atoms with Gasteiger partial charge >= 0.3 is 0 Å². The average Bonchev–Trinajstić information content (AvgIpc) is 3.20. The van der Waals surface area contributed by atoms with Gasteiger partial charge in [-0.25, -0.2) is 28.7 Å². The Hall–Kier alpha value is -2.68. The molecule has 7 nitrogen and oxygen atoms in total. The molecule has 1 atom stereocenters. The largest absolute Gasteiger partial charge is 0.355 e. The van der Waals surface area contributed by atoms with E-state index in [4.69, 9.17) is 5.73 Å². The Balaban J connectivity index is 1.76. The van der Waals surface area contributed by atoms with Crippen LogP contribution < -0.4 is 10.6 Å². The molecule has 9 heteroatoms. The van der Waals surface area contributed by atoms with Crippen LogP contribution in [0.4, 0.5) is 14.6 Å². The molecule has 4 rings (SSSR count). The second kappa shape index (κ2) is 5.75. The summed E-state index contributed by atoms with van der Waals surface area (Å²) in [5.41, 5.74) is 6.63. The predicted molar refractivity (Wildman–Crippen MR) is 83.8 cm³/mol. The second-order valence-corrected chi connectivity index (χ2v) is 5.72. The molecule has 1 aliphatic heterocycles. The van der Waals surface area contributed by atoms with E-state index in [0.29, 0.717) is 17.2 Å². The third kappa shape index (κ3) is 2.56. The van der Waals surface area contributed by atoms with E-state index in [9.17, 15) is 8.78 Å². The highest BCUT2D eigenvalue weighted by Crippen LogP contribution is 2.23. The molecule has 2 N–H and O–H groups in total. The fourth-order valence-corrected chi connectivity index (χ4v) is 2.83. The minimum atomic E-state index is -2.65. The molecule has 1 saturated heterocycles. The maximum atomic E-state index is 12.9. The molecule has 3 aromatic heterocycles. The summed E-state index contributed by atoms with van der Waals surface area (Å²) < 4.78 is 27.3. The topological polar surface area (TPSA) is 85.2 Å². The fourth-order valence-electron chi connectivity index (χ4n) is 2.83. The Morgan fingerprint density at radius 1 is 1.21 bits per heavy atom. The van der Waals surface area contributed by atoms with E-state index in [0.717, 1.165) is 25.3 Å². The highest BCUT2D eigenvalue weighted by atomic mass is 19.3. The number of hydrogen-bond donors (Lipinski definition) is 1. The van der Waals surface area contributed by atoms with E-state index in [1.54, 1.807) is 12.4 Å². The van der Waals surface area contributed by atoms with Crippen LogP contribution in [0.5, 0.6) is 0 Å². The number of alkyl halides is 2. The summed E-state index contributed by atoms with van der Waals surface area (Å²) >= 11 is 0. The monoisotopic (exact) mass is 331 g/mol. The smallest absolute Gasteiger partial charge is 0.281 e. The average molecular weight is 331 g/mol. The van der Waals surface area contributed by atoms with Crippen LogP contribution in [0.2, 0.25) is 0 Å². The Morgan fingerprint density at radius 2 is 2.08 bits per heavy atom. The zero-order valence-electron chi connectivity index (χ0n) is 12.7. The van der Waals surface area contributed by atoms with Crippen molar-refractivity contribution in [3.8, 4) is 11.5 Å². The molecule has 0 aliphatic carbocycles. The number of nitrogens with zero attached hydrogens (tertiary/aromatic N) is 6. The zero-order valence-corrected chi connectivity index (χ0v) is 12.7. The zero-order chi connectivity index (χ0) is 16.7. The summed E-state index contributed by atoms with van der Waals surface area (Å²) in [4.78, 5) is 18.8. The standard InChI is InChI=1S/C15H15F2N7/c16-14(17)10-8-24-11(5-21-13(24)6-20-10)15-19-3-1-12(22-15)23-4-2-9(18)7-23/h1,3,5-6,8-9,14H,2,4,7,18H2. The molecule has 24 heavy (non-hydrogen) atoms. The van der Waals surface area contributed by atoms with Gasteiger partial charge in [-0.2, -0.15) is 0 Å². The molecule has 0 bridgehead atoms. The number of hydrogen-bond acceptors (Lipinski definition) is 6. The van der Waals surface area contributed by atoms with E-state index in [1.165, 1.54) is 16.8 Å². The summed E-state index contributed by atoms with van der Waals surface area (Å²) in [5, 5.41) is 0. The van der Waals surface area contributed by atoms with Crippen molar-refractivity contribution in [2.75, 3.05) is 18.0 Å². The van der Waals surface area contributed by atoms with Crippen LogP contribution in [-0.2, 0) is 0 Å². The van der Waals surface area contributed by atoms with Crippen LogP contribution in [0, 0.1) is 0 Å². The number of halogens is 2. The van der Waals surface area contributed by atoms with Crippen LogP contribution in [0.15, 0.2) is 30.9 Å². The Kier molecular flexibility index (Phi) is 3.57. The van der Waals surface area contributed by atoms with Crippen LogP contribution in [0.3, 0.4) is 0 Å². The first kappa shape index (κ1) is 14.9. The number of imidazole rings is 1. The van der Waals surface area contributed by atoms with Crippen molar-refractivity contribution in [1.29, 1.82) is 0 Å². The molecular weight excluding hydrogens is 316 g/mol. The third-order valence-electron chi connectivity index (χ3n) is 4.06. The van der Waals surface area contributed by atoms with Crippen molar-refractivity contribution in [2.24, 2.45) is 5.73 Å². The molecule has 1 unspecified atom stereocenters. The normalized spacial score (nSPS) is 18.0. The van der Waals surface area contributed by atoms with Gasteiger partial charge in [0.15, 0.2) is 11.5 Å². The van der Waals surface area contributed by atoms with Gasteiger partial charge in [0.1, 0.15) is 17.2 Å². The number of nitrogens with two attached hydrogens (primary N) is 1. The molecule has 0 radical (unpaired) electrons. The fraction of sp³-hybridized carbons (Fsp3) is 0.333. The molecule has 1 aliphatic rings. The van der Waals surface area contributed by atoms with Gasteiger partial charge in [0.25, 0.3) is 6.43 Å². The van der Waals surface area contributed by atoms with Gasteiger partial charge < -0.3 is 10.6 Å². The maximum absolute atomic E-state index is 12.9. The Morgan fingerprint density at radius 3 is 2.83 bits per heavy atom. The number of rotatable bonds is 3. The quantitative estimate of drug-likeness (QED) is 0.786. The number of fused-ring (bicyclic) bond motifs is 1. The first-order chi connectivity index (χ1) is 11.6. The lowest BCUT2D eigenvalue weighted by Gasteiger charge is -2.16. The van der Waals surface area contributed by atoms with Crippen LogP contribution in [0.1, 0.15) is 18.5 Å². The van der Waals surface area contributed by atoms with E-state index >= 15 is 0 Å². The van der Waals surface area contributed by atoms with Gasteiger partial charge in [-0.15, -0.1) is 0 Å². The van der Waals surface area contributed by atoms with Gasteiger partial charge in [0.2, 0.25) is 0 Å². The SMILES string of the molecule is NC1CCN(c2ccnc(-c3cnc4cnc(C(F)F)cn34)n2)C1. The maximum Gasteiger partial charge on any atom is 0.281 e. The molecular formula is C15H15F2N7. The first-order valence-electron chi connectivity index (χ1n) is 7.57. The minimum Gasteiger partial charge on any atom is -0.355 e. The summed E-state index contributed by atoms with van der Waals surface area (Å²) in [6, 6.07) is 1.95. The van der Waals surface area contributed by atoms with Crippen LogP contribution in [-0.4, -0.2) is 43.5 Å². The Labute approximate surface area is 136 Å². The van der Waals surface area contributed by atoms with Crippen LogP contribution >= 0.6 is 0 Å². The lowest BCUT2D eigenvalue weighted by atomic mass is 10.3. The first-order valence-corrected chi connectivity index (χ1v) is 7.57. The van der Waals surface area contributed by atoms with E-state index in [1.807, 2.05) is 6.07 Å². The van der Waals surface area contributed by atoms with Gasteiger partial charge in [-0.3, -0.25) is 4.40 Å². The summed E-state index contributed by atoms with van der Waals surface area (Å²) in [5.74, 6) is 1.19. The Bertz CT molecular complexity index is 879. The van der Waals surface area contributed by atoms with E-state index in [2.05, 4.69) is 24.8 Å². The summed E-state index contributed by atoms with van der Waals surface area (Å²) in [6.45, 7) is 1.58. The third-order valence-corrected chi connectivity index (χ3v) is 4.06. The molecule has 1 fully saturated rings. The molecule has 0 aromatic carbocycles. The van der Waals surface area contributed by atoms with Gasteiger partial charge in [-0.1, -0.05) is 0 Å². The molecule has 0 spiro atoms. The summed E-state index contributed by atoms with van der Waals surface area (Å²) in [7, 11) is 0.